The van der Waals surface area contributed by atoms with Crippen LogP contribution in [0.25, 0.3) is 10.9 Å². The van der Waals surface area contributed by atoms with Gasteiger partial charge in [0.05, 0.1) is 0 Å². The molecule has 1 unspecified atom stereocenters. The van der Waals surface area contributed by atoms with E-state index in [0.717, 1.165) is 48.2 Å². The Labute approximate surface area is 151 Å². The lowest BCUT2D eigenvalue weighted by Gasteiger charge is -2.25. The minimum Gasteiger partial charge on any atom is -0.396 e. The number of halogens is 2. The predicted octanol–water partition coefficient (Wildman–Crippen LogP) is 5.28. The monoisotopic (exact) mass is 357 g/mol. The van der Waals surface area contributed by atoms with Gasteiger partial charge in [-0.25, -0.2) is 4.39 Å². The van der Waals surface area contributed by atoms with Gasteiger partial charge in [-0.05, 0) is 67.1 Å². The van der Waals surface area contributed by atoms with Crippen LogP contribution in [-0.4, -0.2) is 16.3 Å². The fourth-order valence-electron chi connectivity index (χ4n) is 4.19. The van der Waals surface area contributed by atoms with Crippen LogP contribution in [0.3, 0.4) is 0 Å². The fourth-order valence-corrected chi connectivity index (χ4v) is 4.31. The molecule has 25 heavy (non-hydrogen) atoms. The summed E-state index contributed by atoms with van der Waals surface area (Å²) in [6.07, 6.45) is 3.90. The van der Waals surface area contributed by atoms with E-state index in [0.29, 0.717) is 5.92 Å². The van der Waals surface area contributed by atoms with Gasteiger partial charge in [0.25, 0.3) is 0 Å². The largest absolute Gasteiger partial charge is 0.396 e. The van der Waals surface area contributed by atoms with Crippen molar-refractivity contribution in [1.29, 1.82) is 0 Å². The summed E-state index contributed by atoms with van der Waals surface area (Å²) in [7, 11) is 0. The number of nitrogens with zero attached hydrogens (tertiary/aromatic N) is 1. The Hall–Kier alpha value is -1.84. The predicted molar refractivity (Wildman–Crippen MR) is 99.8 cm³/mol. The van der Waals surface area contributed by atoms with E-state index in [9.17, 15) is 9.50 Å². The highest BCUT2D eigenvalue weighted by Crippen LogP contribution is 2.40. The van der Waals surface area contributed by atoms with Gasteiger partial charge in [-0.1, -0.05) is 23.7 Å². The van der Waals surface area contributed by atoms with Crippen LogP contribution < -0.4 is 0 Å². The van der Waals surface area contributed by atoms with Crippen molar-refractivity contribution in [3.05, 3.63) is 70.1 Å². The van der Waals surface area contributed by atoms with Crippen molar-refractivity contribution in [2.75, 3.05) is 6.61 Å². The Bertz CT molecular complexity index is 900. The zero-order chi connectivity index (χ0) is 17.4. The molecule has 4 heteroatoms. The Balaban J connectivity index is 1.88. The van der Waals surface area contributed by atoms with Crippen LogP contribution in [0.5, 0.6) is 0 Å². The highest BCUT2D eigenvalue weighted by atomic mass is 35.5. The van der Waals surface area contributed by atoms with Gasteiger partial charge in [0.2, 0.25) is 0 Å². The van der Waals surface area contributed by atoms with E-state index >= 15 is 0 Å². The number of aromatic nitrogens is 1. The first kappa shape index (κ1) is 16.6. The number of hydrogen-bond acceptors (Lipinski definition) is 1. The molecule has 3 aromatic rings. The molecule has 0 saturated heterocycles. The molecule has 1 atom stereocenters. The summed E-state index contributed by atoms with van der Waals surface area (Å²) < 4.78 is 16.2. The van der Waals surface area contributed by atoms with Crippen LogP contribution >= 0.6 is 11.6 Å². The van der Waals surface area contributed by atoms with Crippen LogP contribution in [0, 0.1) is 5.82 Å². The quantitative estimate of drug-likeness (QED) is 0.674. The lowest BCUT2D eigenvalue weighted by Crippen LogP contribution is -2.16. The van der Waals surface area contributed by atoms with E-state index in [1.54, 1.807) is 6.07 Å². The molecule has 0 aliphatic heterocycles. The van der Waals surface area contributed by atoms with Crippen LogP contribution in [0.1, 0.15) is 42.0 Å². The first-order valence-electron chi connectivity index (χ1n) is 8.83. The van der Waals surface area contributed by atoms with Crippen molar-refractivity contribution in [1.82, 2.24) is 4.57 Å². The maximum atomic E-state index is 13.9. The number of rotatable bonds is 4. The summed E-state index contributed by atoms with van der Waals surface area (Å²) in [6.45, 7) is 0.914. The lowest BCUT2D eigenvalue weighted by atomic mass is 9.85. The molecule has 1 aromatic heterocycles. The van der Waals surface area contributed by atoms with Gasteiger partial charge in [-0.2, -0.15) is 0 Å². The third kappa shape index (κ3) is 3.07. The highest BCUT2D eigenvalue weighted by Gasteiger charge is 2.27. The van der Waals surface area contributed by atoms with Crippen molar-refractivity contribution < 1.29 is 9.50 Å². The van der Waals surface area contributed by atoms with Crippen molar-refractivity contribution in [2.24, 2.45) is 0 Å². The molecule has 1 heterocycles. The summed E-state index contributed by atoms with van der Waals surface area (Å²) in [5.41, 5.74) is 4.77. The number of hydrogen-bond donors (Lipinski definition) is 1. The molecule has 1 N–H and O–H groups in total. The van der Waals surface area contributed by atoms with E-state index in [1.165, 1.54) is 22.9 Å². The molecule has 2 aromatic carbocycles. The van der Waals surface area contributed by atoms with Gasteiger partial charge < -0.3 is 9.67 Å². The molecule has 0 spiro atoms. The van der Waals surface area contributed by atoms with Gasteiger partial charge in [0, 0.05) is 40.7 Å². The summed E-state index contributed by atoms with van der Waals surface area (Å²) in [5, 5.41) is 11.2. The number of benzene rings is 2. The smallest absolute Gasteiger partial charge is 0.123 e. The standard InChI is InChI=1S/C21H21ClFNO/c22-16-6-4-14(5-7-16)13-24-20-9-8-17(23)12-19(20)18-3-1-2-15(10-11-25)21(18)24/h4-9,12,15,25H,1-3,10-11,13H2. The minimum absolute atomic E-state index is 0.181. The molecular weight excluding hydrogens is 337 g/mol. The Morgan fingerprint density at radius 2 is 1.96 bits per heavy atom. The van der Waals surface area contributed by atoms with Crippen LogP contribution in [-0.2, 0) is 13.0 Å². The second-order valence-corrected chi connectivity index (χ2v) is 7.28. The fraction of sp³-hybridized carbons (Fsp3) is 0.333. The molecule has 4 rings (SSSR count). The first-order valence-corrected chi connectivity index (χ1v) is 9.21. The van der Waals surface area contributed by atoms with Gasteiger partial charge in [0.1, 0.15) is 5.82 Å². The number of aliphatic hydroxyl groups excluding tert-OH is 1. The maximum absolute atomic E-state index is 13.9. The average Bonchev–Trinajstić information content (AvgIpc) is 2.91. The number of aliphatic hydroxyl groups is 1. The zero-order valence-corrected chi connectivity index (χ0v) is 14.8. The third-order valence-electron chi connectivity index (χ3n) is 5.27. The summed E-state index contributed by atoms with van der Waals surface area (Å²) >= 11 is 6.01. The lowest BCUT2D eigenvalue weighted by molar-refractivity contribution is 0.267. The van der Waals surface area contributed by atoms with Crippen molar-refractivity contribution >= 4 is 22.5 Å². The van der Waals surface area contributed by atoms with Crippen LogP contribution in [0.4, 0.5) is 4.39 Å². The third-order valence-corrected chi connectivity index (χ3v) is 5.52. The molecule has 0 saturated carbocycles. The second kappa shape index (κ2) is 6.81. The SMILES string of the molecule is OCCC1CCCc2c1n(Cc1ccc(Cl)cc1)c1ccc(F)cc21. The Kier molecular flexibility index (Phi) is 4.53. The van der Waals surface area contributed by atoms with E-state index in [4.69, 9.17) is 11.6 Å². The molecule has 0 radical (unpaired) electrons. The van der Waals surface area contributed by atoms with E-state index in [2.05, 4.69) is 4.57 Å². The van der Waals surface area contributed by atoms with Gasteiger partial charge in [-0.3, -0.25) is 0 Å². The maximum Gasteiger partial charge on any atom is 0.123 e. The molecule has 2 nitrogen and oxygen atoms in total. The molecule has 1 aliphatic carbocycles. The molecule has 1 aliphatic rings. The molecule has 0 fully saturated rings. The number of aryl methyl sites for hydroxylation is 1. The van der Waals surface area contributed by atoms with Crippen molar-refractivity contribution in [2.45, 2.75) is 38.1 Å². The summed E-state index contributed by atoms with van der Waals surface area (Å²) in [4.78, 5) is 0. The van der Waals surface area contributed by atoms with E-state index < -0.39 is 0 Å². The molecule has 130 valence electrons. The summed E-state index contributed by atoms with van der Waals surface area (Å²) in [6, 6.07) is 13.0. The number of fused-ring (bicyclic) bond motifs is 3. The molecular formula is C21H21ClFNO. The van der Waals surface area contributed by atoms with Crippen molar-refractivity contribution in [3.8, 4) is 0 Å². The first-order chi connectivity index (χ1) is 12.2. The van der Waals surface area contributed by atoms with E-state index in [1.807, 2.05) is 30.3 Å². The van der Waals surface area contributed by atoms with Gasteiger partial charge in [0.15, 0.2) is 0 Å². The molecule has 0 amide bonds. The Morgan fingerprint density at radius 3 is 2.72 bits per heavy atom. The van der Waals surface area contributed by atoms with Crippen LogP contribution in [0.2, 0.25) is 5.02 Å². The topological polar surface area (TPSA) is 25.2 Å². The Morgan fingerprint density at radius 1 is 1.16 bits per heavy atom. The van der Waals surface area contributed by atoms with Crippen molar-refractivity contribution in [3.63, 3.8) is 0 Å². The molecule has 0 bridgehead atoms. The normalized spacial score (nSPS) is 17.0. The van der Waals surface area contributed by atoms with Crippen LogP contribution in [0.15, 0.2) is 42.5 Å². The minimum atomic E-state index is -0.191. The zero-order valence-electron chi connectivity index (χ0n) is 14.0. The summed E-state index contributed by atoms with van der Waals surface area (Å²) in [5.74, 6) is 0.139. The highest BCUT2D eigenvalue weighted by molar-refractivity contribution is 6.30. The van der Waals surface area contributed by atoms with Gasteiger partial charge in [-0.15, -0.1) is 0 Å². The van der Waals surface area contributed by atoms with E-state index in [-0.39, 0.29) is 12.4 Å². The average molecular weight is 358 g/mol. The second-order valence-electron chi connectivity index (χ2n) is 6.84. The van der Waals surface area contributed by atoms with Gasteiger partial charge >= 0.3 is 0 Å².